The van der Waals surface area contributed by atoms with E-state index in [1.54, 1.807) is 42.2 Å². The van der Waals surface area contributed by atoms with E-state index in [1.807, 2.05) is 0 Å². The van der Waals surface area contributed by atoms with Crippen molar-refractivity contribution in [2.75, 3.05) is 33.3 Å². The molecule has 0 radical (unpaired) electrons. The normalized spacial score (nSPS) is 15.3. The molecule has 2 aromatic heterocycles. The van der Waals surface area contributed by atoms with Gasteiger partial charge in [0.1, 0.15) is 10.6 Å². The molecule has 1 fully saturated rings. The average Bonchev–Trinajstić information content (AvgIpc) is 3.45. The van der Waals surface area contributed by atoms with E-state index in [4.69, 9.17) is 13.7 Å². The molecule has 4 rings (SSSR count). The second kappa shape index (κ2) is 7.96. The summed E-state index contributed by atoms with van der Waals surface area (Å²) in [6.45, 7) is 2.72. The van der Waals surface area contributed by atoms with Crippen LogP contribution in [0.2, 0.25) is 0 Å². The van der Waals surface area contributed by atoms with Gasteiger partial charge in [0, 0.05) is 37.8 Å². The van der Waals surface area contributed by atoms with Crippen molar-refractivity contribution in [3.05, 3.63) is 54.1 Å². The maximum Gasteiger partial charge on any atom is 0.289 e. The van der Waals surface area contributed by atoms with Crippen molar-refractivity contribution in [1.29, 1.82) is 0 Å². The Morgan fingerprint density at radius 1 is 1.13 bits per heavy atom. The third-order valence-electron chi connectivity index (χ3n) is 4.95. The molecule has 1 amide bonds. The number of rotatable bonds is 5. The van der Waals surface area contributed by atoms with Crippen LogP contribution in [0.5, 0.6) is 5.75 Å². The Kier molecular flexibility index (Phi) is 5.35. The predicted molar refractivity (Wildman–Crippen MR) is 107 cm³/mol. The molecule has 0 atom stereocenters. The van der Waals surface area contributed by atoms with Crippen molar-refractivity contribution in [3.8, 4) is 17.1 Å². The number of sulfonamides is 1. The Balaban J connectivity index is 1.53. The molecule has 1 aliphatic rings. The highest BCUT2D eigenvalue weighted by Gasteiger charge is 2.33. The zero-order valence-electron chi connectivity index (χ0n) is 16.6. The second-order valence-corrected chi connectivity index (χ2v) is 8.78. The Bertz CT molecular complexity index is 1150. The largest absolute Gasteiger partial charge is 0.495 e. The quantitative estimate of drug-likeness (QED) is 0.611. The molecule has 0 saturated carbocycles. The van der Waals surface area contributed by atoms with E-state index >= 15 is 0 Å². The van der Waals surface area contributed by atoms with Crippen molar-refractivity contribution >= 4 is 15.9 Å². The van der Waals surface area contributed by atoms with Gasteiger partial charge >= 0.3 is 0 Å². The van der Waals surface area contributed by atoms with Crippen LogP contribution in [0.3, 0.4) is 0 Å². The number of piperazine rings is 1. The lowest BCUT2D eigenvalue weighted by molar-refractivity contribution is 0.0666. The Hall–Kier alpha value is -3.11. The van der Waals surface area contributed by atoms with Gasteiger partial charge in [0.2, 0.25) is 10.0 Å². The van der Waals surface area contributed by atoms with Crippen LogP contribution in [0.15, 0.2) is 56.5 Å². The number of carbonyl (C=O) groups excluding carboxylic acids is 1. The second-order valence-electron chi connectivity index (χ2n) is 6.87. The molecular formula is C20H21N3O6S. The molecule has 158 valence electrons. The highest BCUT2D eigenvalue weighted by Crippen LogP contribution is 2.32. The molecule has 3 heterocycles. The van der Waals surface area contributed by atoms with E-state index in [9.17, 15) is 13.2 Å². The number of hydrogen-bond donors (Lipinski definition) is 0. The van der Waals surface area contributed by atoms with Crippen LogP contribution in [-0.2, 0) is 10.0 Å². The van der Waals surface area contributed by atoms with Crippen molar-refractivity contribution in [2.24, 2.45) is 0 Å². The first-order valence-corrected chi connectivity index (χ1v) is 10.8. The predicted octanol–water partition coefficient (Wildman–Crippen LogP) is 2.40. The summed E-state index contributed by atoms with van der Waals surface area (Å²) in [7, 11) is -2.38. The maximum atomic E-state index is 13.2. The summed E-state index contributed by atoms with van der Waals surface area (Å²) < 4.78 is 43.5. The number of aryl methyl sites for hydroxylation is 1. The fourth-order valence-corrected chi connectivity index (χ4v) is 4.92. The van der Waals surface area contributed by atoms with Crippen molar-refractivity contribution in [2.45, 2.75) is 11.8 Å². The van der Waals surface area contributed by atoms with Gasteiger partial charge in [0.05, 0.1) is 19.1 Å². The van der Waals surface area contributed by atoms with Crippen molar-refractivity contribution in [1.82, 2.24) is 14.4 Å². The first kappa shape index (κ1) is 20.2. The van der Waals surface area contributed by atoms with Crippen LogP contribution in [-0.4, -0.2) is 62.0 Å². The summed E-state index contributed by atoms with van der Waals surface area (Å²) in [6.07, 6.45) is 1.43. The zero-order valence-corrected chi connectivity index (χ0v) is 17.4. The number of aromatic nitrogens is 1. The van der Waals surface area contributed by atoms with Gasteiger partial charge in [-0.3, -0.25) is 4.79 Å². The number of benzene rings is 1. The number of amides is 1. The Labute approximate surface area is 173 Å². The third kappa shape index (κ3) is 3.71. The standard InChI is InChI=1S/C20H21N3O6S/c1-14-12-17(29-21-14)15-5-6-19(18(13-15)27-2)30(25,26)23-9-7-22(8-10-23)20(24)16-4-3-11-28-16/h3-6,11-13H,7-10H2,1-2H3. The van der Waals surface area contributed by atoms with E-state index < -0.39 is 10.0 Å². The summed E-state index contributed by atoms with van der Waals surface area (Å²) in [6, 6.07) is 9.77. The number of methoxy groups -OCH3 is 1. The highest BCUT2D eigenvalue weighted by atomic mass is 32.2. The molecular weight excluding hydrogens is 410 g/mol. The van der Waals surface area contributed by atoms with Gasteiger partial charge in [-0.25, -0.2) is 8.42 Å². The smallest absolute Gasteiger partial charge is 0.289 e. The van der Waals surface area contributed by atoms with Gasteiger partial charge < -0.3 is 18.6 Å². The number of furan rings is 1. The fraction of sp³-hybridized carbons (Fsp3) is 0.300. The van der Waals surface area contributed by atoms with Crippen molar-refractivity contribution in [3.63, 3.8) is 0 Å². The minimum atomic E-state index is -3.80. The lowest BCUT2D eigenvalue weighted by Crippen LogP contribution is -2.50. The average molecular weight is 431 g/mol. The molecule has 0 bridgehead atoms. The van der Waals surface area contributed by atoms with Crippen LogP contribution in [0, 0.1) is 6.92 Å². The highest BCUT2D eigenvalue weighted by molar-refractivity contribution is 7.89. The van der Waals surface area contributed by atoms with Gasteiger partial charge in [-0.1, -0.05) is 5.16 Å². The van der Waals surface area contributed by atoms with E-state index in [0.717, 1.165) is 5.69 Å². The van der Waals surface area contributed by atoms with Gasteiger partial charge in [0.25, 0.3) is 5.91 Å². The molecule has 0 aliphatic carbocycles. The van der Waals surface area contributed by atoms with E-state index in [-0.39, 0.29) is 48.5 Å². The fourth-order valence-electron chi connectivity index (χ4n) is 3.36. The topological polar surface area (TPSA) is 106 Å². The van der Waals surface area contributed by atoms with Gasteiger partial charge in [-0.15, -0.1) is 0 Å². The van der Waals surface area contributed by atoms with E-state index in [0.29, 0.717) is 11.3 Å². The lowest BCUT2D eigenvalue weighted by atomic mass is 10.1. The monoisotopic (exact) mass is 431 g/mol. The van der Waals surface area contributed by atoms with Gasteiger partial charge in [0.15, 0.2) is 11.5 Å². The summed E-state index contributed by atoms with van der Waals surface area (Å²) in [5, 5.41) is 3.85. The van der Waals surface area contributed by atoms with E-state index in [1.165, 1.54) is 23.7 Å². The number of hydrogen-bond acceptors (Lipinski definition) is 7. The van der Waals surface area contributed by atoms with Gasteiger partial charge in [-0.05, 0) is 37.3 Å². The summed E-state index contributed by atoms with van der Waals surface area (Å²) >= 11 is 0. The summed E-state index contributed by atoms with van der Waals surface area (Å²) in [5.74, 6) is 0.739. The van der Waals surface area contributed by atoms with Crippen molar-refractivity contribution < 1.29 is 26.9 Å². The first-order chi connectivity index (χ1) is 14.4. The molecule has 0 spiro atoms. The molecule has 9 nitrogen and oxygen atoms in total. The zero-order chi connectivity index (χ0) is 21.3. The number of ether oxygens (including phenoxy) is 1. The van der Waals surface area contributed by atoms with Crippen LogP contribution in [0.25, 0.3) is 11.3 Å². The Morgan fingerprint density at radius 2 is 1.90 bits per heavy atom. The molecule has 1 saturated heterocycles. The number of nitrogens with zero attached hydrogens (tertiary/aromatic N) is 3. The molecule has 3 aromatic rings. The van der Waals surface area contributed by atoms with Crippen LogP contribution in [0.1, 0.15) is 16.2 Å². The SMILES string of the molecule is COc1cc(-c2cc(C)no2)ccc1S(=O)(=O)N1CCN(C(=O)c2ccco2)CC1. The minimum Gasteiger partial charge on any atom is -0.495 e. The summed E-state index contributed by atoms with van der Waals surface area (Å²) in [4.78, 5) is 14.0. The molecule has 0 N–H and O–H groups in total. The van der Waals surface area contributed by atoms with E-state index in [2.05, 4.69) is 5.16 Å². The third-order valence-corrected chi connectivity index (χ3v) is 6.89. The molecule has 10 heteroatoms. The van der Waals surface area contributed by atoms with Crippen LogP contribution < -0.4 is 4.74 Å². The first-order valence-electron chi connectivity index (χ1n) is 9.35. The van der Waals surface area contributed by atoms with Gasteiger partial charge in [-0.2, -0.15) is 4.31 Å². The molecule has 1 aromatic carbocycles. The number of carbonyl (C=O) groups is 1. The molecule has 30 heavy (non-hydrogen) atoms. The summed E-state index contributed by atoms with van der Waals surface area (Å²) in [5.41, 5.74) is 1.39. The molecule has 1 aliphatic heterocycles. The molecule has 0 unspecified atom stereocenters. The Morgan fingerprint density at radius 3 is 2.50 bits per heavy atom. The van der Waals surface area contributed by atoms with Crippen LogP contribution in [0.4, 0.5) is 0 Å². The minimum absolute atomic E-state index is 0.0656. The van der Waals surface area contributed by atoms with Crippen LogP contribution >= 0.6 is 0 Å². The lowest BCUT2D eigenvalue weighted by Gasteiger charge is -2.33. The maximum absolute atomic E-state index is 13.2.